The van der Waals surface area contributed by atoms with Crippen LogP contribution in [0.15, 0.2) is 6.07 Å². The Morgan fingerprint density at radius 3 is 2.47 bits per heavy atom. The SMILES string of the molecule is CC1(C)CC(O)c2c(F)c(F)cc(F)c21. The van der Waals surface area contributed by atoms with E-state index >= 15 is 0 Å². The van der Waals surface area contributed by atoms with Gasteiger partial charge < -0.3 is 5.11 Å². The predicted octanol–water partition coefficient (Wildman–Crippen LogP) is 2.82. The van der Waals surface area contributed by atoms with Gasteiger partial charge in [0, 0.05) is 17.2 Å². The van der Waals surface area contributed by atoms with E-state index in [0.717, 1.165) is 0 Å². The first-order valence-corrected chi connectivity index (χ1v) is 4.70. The van der Waals surface area contributed by atoms with Crippen LogP contribution in [0.25, 0.3) is 0 Å². The average Bonchev–Trinajstić information content (AvgIpc) is 2.32. The topological polar surface area (TPSA) is 20.2 Å². The lowest BCUT2D eigenvalue weighted by Gasteiger charge is -2.19. The van der Waals surface area contributed by atoms with E-state index < -0.39 is 29.0 Å². The van der Waals surface area contributed by atoms with Crippen LogP contribution in [0, 0.1) is 17.5 Å². The Morgan fingerprint density at radius 2 is 1.87 bits per heavy atom. The fourth-order valence-electron chi connectivity index (χ4n) is 2.30. The molecule has 1 aromatic carbocycles. The highest BCUT2D eigenvalue weighted by Gasteiger charge is 2.41. The van der Waals surface area contributed by atoms with E-state index in [1.165, 1.54) is 0 Å². The van der Waals surface area contributed by atoms with Crippen molar-refractivity contribution in [2.75, 3.05) is 0 Å². The molecule has 1 aliphatic carbocycles. The maximum Gasteiger partial charge on any atom is 0.165 e. The molecule has 1 nitrogen and oxygen atoms in total. The summed E-state index contributed by atoms with van der Waals surface area (Å²) in [7, 11) is 0. The lowest BCUT2D eigenvalue weighted by atomic mass is 9.86. The fraction of sp³-hybridized carbons (Fsp3) is 0.455. The molecule has 1 aromatic rings. The molecule has 0 heterocycles. The number of fused-ring (bicyclic) bond motifs is 1. The highest BCUT2D eigenvalue weighted by atomic mass is 19.2. The zero-order valence-electron chi connectivity index (χ0n) is 8.44. The van der Waals surface area contributed by atoms with E-state index in [1.54, 1.807) is 13.8 Å². The number of hydrogen-bond donors (Lipinski definition) is 1. The third-order valence-corrected chi connectivity index (χ3v) is 2.92. The molecule has 1 N–H and O–H groups in total. The summed E-state index contributed by atoms with van der Waals surface area (Å²) >= 11 is 0. The molecule has 4 heteroatoms. The van der Waals surface area contributed by atoms with Crippen LogP contribution in [0.1, 0.15) is 37.5 Å². The normalized spacial score (nSPS) is 22.9. The second kappa shape index (κ2) is 2.98. The molecule has 0 saturated carbocycles. The molecular weight excluding hydrogens is 205 g/mol. The van der Waals surface area contributed by atoms with E-state index in [2.05, 4.69) is 0 Å². The number of benzene rings is 1. The molecule has 0 radical (unpaired) electrons. The molecule has 1 aliphatic rings. The van der Waals surface area contributed by atoms with Crippen molar-refractivity contribution in [1.82, 2.24) is 0 Å². The first-order valence-electron chi connectivity index (χ1n) is 4.70. The van der Waals surface area contributed by atoms with E-state index in [0.29, 0.717) is 6.07 Å². The fourth-order valence-corrected chi connectivity index (χ4v) is 2.30. The van der Waals surface area contributed by atoms with Gasteiger partial charge >= 0.3 is 0 Å². The van der Waals surface area contributed by atoms with Crippen LogP contribution < -0.4 is 0 Å². The first kappa shape index (κ1) is 10.5. The van der Waals surface area contributed by atoms with Crippen molar-refractivity contribution in [2.45, 2.75) is 31.8 Å². The van der Waals surface area contributed by atoms with Gasteiger partial charge in [0.25, 0.3) is 0 Å². The van der Waals surface area contributed by atoms with E-state index in [9.17, 15) is 18.3 Å². The largest absolute Gasteiger partial charge is 0.388 e. The maximum atomic E-state index is 13.5. The van der Waals surface area contributed by atoms with Gasteiger partial charge in [-0.25, -0.2) is 13.2 Å². The third-order valence-electron chi connectivity index (χ3n) is 2.92. The smallest absolute Gasteiger partial charge is 0.165 e. The lowest BCUT2D eigenvalue weighted by Crippen LogP contribution is -2.15. The molecule has 0 aliphatic heterocycles. The van der Waals surface area contributed by atoms with Crippen LogP contribution in [-0.2, 0) is 5.41 Å². The van der Waals surface area contributed by atoms with Crippen LogP contribution in [-0.4, -0.2) is 5.11 Å². The van der Waals surface area contributed by atoms with Gasteiger partial charge in [-0.2, -0.15) is 0 Å². The van der Waals surface area contributed by atoms with E-state index in [4.69, 9.17) is 0 Å². The Bertz CT molecular complexity index is 426. The second-order valence-corrected chi connectivity index (χ2v) is 4.55. The van der Waals surface area contributed by atoms with Crippen LogP contribution in [0.2, 0.25) is 0 Å². The lowest BCUT2D eigenvalue weighted by molar-refractivity contribution is 0.157. The van der Waals surface area contributed by atoms with Crippen LogP contribution >= 0.6 is 0 Å². The van der Waals surface area contributed by atoms with Gasteiger partial charge in [-0.3, -0.25) is 0 Å². The van der Waals surface area contributed by atoms with Crippen molar-refractivity contribution in [3.05, 3.63) is 34.6 Å². The zero-order valence-corrected chi connectivity index (χ0v) is 8.44. The van der Waals surface area contributed by atoms with Crippen LogP contribution in [0.5, 0.6) is 0 Å². The van der Waals surface area contributed by atoms with Crippen molar-refractivity contribution < 1.29 is 18.3 Å². The molecule has 2 rings (SSSR count). The number of hydrogen-bond acceptors (Lipinski definition) is 1. The minimum absolute atomic E-state index is 0.0916. The van der Waals surface area contributed by atoms with Crippen molar-refractivity contribution in [1.29, 1.82) is 0 Å². The number of aliphatic hydroxyl groups is 1. The van der Waals surface area contributed by atoms with E-state index in [1.807, 2.05) is 0 Å². The van der Waals surface area contributed by atoms with Crippen LogP contribution in [0.3, 0.4) is 0 Å². The van der Waals surface area contributed by atoms with Gasteiger partial charge in [0.1, 0.15) is 5.82 Å². The molecule has 1 unspecified atom stereocenters. The first-order chi connectivity index (χ1) is 6.84. The summed E-state index contributed by atoms with van der Waals surface area (Å²) in [6, 6.07) is 0.536. The molecule has 0 aromatic heterocycles. The second-order valence-electron chi connectivity index (χ2n) is 4.55. The van der Waals surface area contributed by atoms with Gasteiger partial charge in [0.15, 0.2) is 11.6 Å². The van der Waals surface area contributed by atoms with Crippen molar-refractivity contribution in [2.24, 2.45) is 0 Å². The summed E-state index contributed by atoms with van der Waals surface area (Å²) in [6.07, 6.45) is -0.917. The quantitative estimate of drug-likeness (QED) is 0.661. The monoisotopic (exact) mass is 216 g/mol. The van der Waals surface area contributed by atoms with Crippen molar-refractivity contribution >= 4 is 0 Å². The third kappa shape index (κ3) is 1.35. The molecule has 0 bridgehead atoms. The maximum absolute atomic E-state index is 13.5. The van der Waals surface area contributed by atoms with Gasteiger partial charge in [-0.15, -0.1) is 0 Å². The van der Waals surface area contributed by atoms with E-state index in [-0.39, 0.29) is 17.5 Å². The Kier molecular flexibility index (Phi) is 2.08. The minimum atomic E-state index is -1.25. The molecule has 0 spiro atoms. The predicted molar refractivity (Wildman–Crippen MR) is 48.9 cm³/mol. The van der Waals surface area contributed by atoms with Gasteiger partial charge in [0.2, 0.25) is 0 Å². The van der Waals surface area contributed by atoms with Gasteiger partial charge in [-0.1, -0.05) is 13.8 Å². The summed E-state index contributed by atoms with van der Waals surface area (Å²) in [5, 5.41) is 9.57. The Balaban J connectivity index is 2.78. The molecule has 0 amide bonds. The molecule has 0 saturated heterocycles. The summed E-state index contributed by atoms with van der Waals surface area (Å²) in [5.74, 6) is -3.17. The number of rotatable bonds is 0. The summed E-state index contributed by atoms with van der Waals surface area (Å²) in [6.45, 7) is 3.39. The van der Waals surface area contributed by atoms with Gasteiger partial charge in [-0.05, 0) is 11.8 Å². The van der Waals surface area contributed by atoms with Crippen molar-refractivity contribution in [3.8, 4) is 0 Å². The standard InChI is InChI=1S/C11H11F3O/c1-11(2)4-7(15)8-9(11)5(12)3-6(13)10(8)14/h3,7,15H,4H2,1-2H3. The molecule has 1 atom stereocenters. The molecule has 15 heavy (non-hydrogen) atoms. The Hall–Kier alpha value is -1.03. The summed E-state index contributed by atoms with van der Waals surface area (Å²) in [4.78, 5) is 0. The highest BCUT2D eigenvalue weighted by molar-refractivity contribution is 5.42. The zero-order chi connectivity index (χ0) is 11.4. The van der Waals surface area contributed by atoms with Gasteiger partial charge in [0.05, 0.1) is 6.10 Å². The van der Waals surface area contributed by atoms with Crippen LogP contribution in [0.4, 0.5) is 13.2 Å². The number of aliphatic hydroxyl groups excluding tert-OH is 1. The molecular formula is C11H11F3O. The Labute approximate surface area is 85.5 Å². The minimum Gasteiger partial charge on any atom is -0.388 e. The van der Waals surface area contributed by atoms with Crippen molar-refractivity contribution in [3.63, 3.8) is 0 Å². The molecule has 82 valence electrons. The summed E-state index contributed by atoms with van der Waals surface area (Å²) < 4.78 is 39.8. The molecule has 0 fully saturated rings. The average molecular weight is 216 g/mol. The Morgan fingerprint density at radius 1 is 1.27 bits per heavy atom. The number of halogens is 3. The summed E-state index contributed by atoms with van der Waals surface area (Å²) in [5.41, 5.74) is -0.792. The highest BCUT2D eigenvalue weighted by Crippen LogP contribution is 2.47.